The highest BCUT2D eigenvalue weighted by Crippen LogP contribution is 2.34. The largest absolute Gasteiger partial charge is 0.448 e. The number of nitrogens with zero attached hydrogens (tertiary/aromatic N) is 4. The summed E-state index contributed by atoms with van der Waals surface area (Å²) in [6.45, 7) is 7.28. The first-order valence-electron chi connectivity index (χ1n) is 13.6. The summed E-state index contributed by atoms with van der Waals surface area (Å²) in [6, 6.07) is 15.6. The number of rotatable bonds is 5. The molecular formula is C31H34F2N4O2. The van der Waals surface area contributed by atoms with Crippen LogP contribution in [0.15, 0.2) is 67.0 Å². The smallest absolute Gasteiger partial charge is 0.414 e. The fraction of sp³-hybridized carbons (Fsp3) is 0.355. The molecule has 0 aliphatic carbocycles. The van der Waals surface area contributed by atoms with Crippen molar-refractivity contribution < 1.29 is 18.3 Å². The van der Waals surface area contributed by atoms with Crippen LogP contribution < -0.4 is 4.90 Å². The van der Waals surface area contributed by atoms with Crippen LogP contribution in [0.1, 0.15) is 44.7 Å². The first kappa shape index (κ1) is 26.8. The molecule has 0 atom stereocenters. The first-order valence-corrected chi connectivity index (χ1v) is 13.6. The van der Waals surface area contributed by atoms with E-state index in [0.717, 1.165) is 47.8 Å². The molecule has 1 aliphatic rings. The minimum absolute atomic E-state index is 0.258. The molecule has 2 aromatic carbocycles. The zero-order valence-electron chi connectivity index (χ0n) is 22.4. The van der Waals surface area contributed by atoms with Gasteiger partial charge in [0.2, 0.25) is 5.95 Å². The quantitative estimate of drug-likeness (QED) is 0.255. The van der Waals surface area contributed by atoms with Gasteiger partial charge in [-0.1, -0.05) is 18.6 Å². The van der Waals surface area contributed by atoms with Gasteiger partial charge in [-0.05, 0) is 86.8 Å². The fourth-order valence-corrected chi connectivity index (χ4v) is 5.30. The molecule has 204 valence electrons. The van der Waals surface area contributed by atoms with Crippen LogP contribution in [0.5, 0.6) is 0 Å². The van der Waals surface area contributed by atoms with E-state index in [-0.39, 0.29) is 18.5 Å². The number of carbonyl (C=O) groups excluding carboxylic acids is 1. The lowest BCUT2D eigenvalue weighted by Crippen LogP contribution is -2.34. The number of carbonyl (C=O) groups is 1. The van der Waals surface area contributed by atoms with E-state index in [0.29, 0.717) is 25.3 Å². The van der Waals surface area contributed by atoms with Gasteiger partial charge in [-0.15, -0.1) is 0 Å². The summed E-state index contributed by atoms with van der Waals surface area (Å²) in [6.07, 6.45) is 6.16. The molecule has 2 aromatic heterocycles. The Hall–Kier alpha value is -3.78. The minimum Gasteiger partial charge on any atom is -0.448 e. The Balaban J connectivity index is 1.39. The monoisotopic (exact) mass is 532 g/mol. The number of hydrogen-bond donors (Lipinski definition) is 0. The number of ether oxygens (including phenoxy) is 1. The standard InChI is InChI=1S/C31H34F2N4O2/c1-22(2)37-21-24(30-27(7-6-8-28(30)37)23-9-14-29(33)34-19-23)20-35-15-4-3-5-16-36(31(38)39-18-17-35)26-12-10-25(32)11-13-26/h6-14,19,21-22H,3-5,15-18,20H2,1-2H3. The SMILES string of the molecule is CC(C)n1cc(CN2CCCCCN(c3ccc(F)cc3)C(=O)OCC2)c2c(-c3ccc(F)nc3)cccc21. The van der Waals surface area contributed by atoms with Crippen molar-refractivity contribution in [3.63, 3.8) is 0 Å². The van der Waals surface area contributed by atoms with Gasteiger partial charge in [-0.25, -0.2) is 14.2 Å². The molecule has 3 heterocycles. The molecule has 0 unspecified atom stereocenters. The molecule has 1 amide bonds. The van der Waals surface area contributed by atoms with E-state index in [1.165, 1.54) is 23.8 Å². The maximum atomic E-state index is 13.6. The van der Waals surface area contributed by atoms with E-state index in [1.807, 2.05) is 6.07 Å². The van der Waals surface area contributed by atoms with Crippen molar-refractivity contribution in [1.82, 2.24) is 14.5 Å². The molecule has 4 aromatic rings. The molecule has 6 nitrogen and oxygen atoms in total. The molecule has 1 fully saturated rings. The van der Waals surface area contributed by atoms with Crippen molar-refractivity contribution in [2.24, 2.45) is 0 Å². The number of cyclic esters (lactones) is 1. The lowest BCUT2D eigenvalue weighted by atomic mass is 10.00. The maximum Gasteiger partial charge on any atom is 0.414 e. The highest BCUT2D eigenvalue weighted by molar-refractivity contribution is 5.98. The summed E-state index contributed by atoms with van der Waals surface area (Å²) in [7, 11) is 0. The van der Waals surface area contributed by atoms with E-state index >= 15 is 0 Å². The first-order chi connectivity index (χ1) is 18.9. The molecule has 0 saturated carbocycles. The van der Waals surface area contributed by atoms with E-state index in [4.69, 9.17) is 4.74 Å². The summed E-state index contributed by atoms with van der Waals surface area (Å²) < 4.78 is 34.9. The van der Waals surface area contributed by atoms with E-state index < -0.39 is 12.0 Å². The summed E-state index contributed by atoms with van der Waals surface area (Å²) in [5.41, 5.74) is 4.83. The number of benzene rings is 2. The third kappa shape index (κ3) is 6.11. The van der Waals surface area contributed by atoms with Gasteiger partial charge in [0.05, 0.1) is 0 Å². The predicted octanol–water partition coefficient (Wildman–Crippen LogP) is 7.19. The van der Waals surface area contributed by atoms with E-state index in [2.05, 4.69) is 46.6 Å². The third-order valence-electron chi connectivity index (χ3n) is 7.27. The zero-order chi connectivity index (χ0) is 27.4. The number of pyridine rings is 1. The number of halogens is 2. The lowest BCUT2D eigenvalue weighted by Gasteiger charge is -2.23. The Morgan fingerprint density at radius 1 is 0.949 bits per heavy atom. The van der Waals surface area contributed by atoms with E-state index in [9.17, 15) is 13.6 Å². The van der Waals surface area contributed by atoms with Gasteiger partial charge >= 0.3 is 6.09 Å². The van der Waals surface area contributed by atoms with Crippen molar-refractivity contribution in [2.45, 2.75) is 45.7 Å². The average Bonchev–Trinajstić information content (AvgIpc) is 3.28. The molecule has 0 bridgehead atoms. The normalized spacial score (nSPS) is 15.9. The van der Waals surface area contributed by atoms with Gasteiger partial charge in [0.25, 0.3) is 0 Å². The van der Waals surface area contributed by atoms with Crippen LogP contribution in [-0.4, -0.2) is 46.8 Å². The van der Waals surface area contributed by atoms with Crippen LogP contribution in [0, 0.1) is 11.8 Å². The Kier molecular flexibility index (Phi) is 8.21. The van der Waals surface area contributed by atoms with Crippen LogP contribution in [0.25, 0.3) is 22.0 Å². The van der Waals surface area contributed by atoms with Gasteiger partial charge in [0.1, 0.15) is 12.4 Å². The Morgan fingerprint density at radius 3 is 2.49 bits per heavy atom. The van der Waals surface area contributed by atoms with Gasteiger partial charge < -0.3 is 9.30 Å². The fourth-order valence-electron chi connectivity index (χ4n) is 5.30. The van der Waals surface area contributed by atoms with Crippen molar-refractivity contribution in [3.8, 4) is 11.1 Å². The molecular weight excluding hydrogens is 498 g/mol. The second-order valence-electron chi connectivity index (χ2n) is 10.3. The maximum absolute atomic E-state index is 13.6. The number of hydrogen-bond acceptors (Lipinski definition) is 4. The Bertz CT molecular complexity index is 1420. The highest BCUT2D eigenvalue weighted by atomic mass is 19.1. The molecule has 8 heteroatoms. The molecule has 0 N–H and O–H groups in total. The number of amides is 1. The molecule has 1 aliphatic heterocycles. The van der Waals surface area contributed by atoms with Crippen molar-refractivity contribution in [2.75, 3.05) is 31.1 Å². The third-order valence-corrected chi connectivity index (χ3v) is 7.27. The Labute approximate surface area is 227 Å². The van der Waals surface area contributed by atoms with Crippen molar-refractivity contribution >= 4 is 22.7 Å². The molecule has 0 spiro atoms. The molecule has 39 heavy (non-hydrogen) atoms. The number of anilines is 1. The highest BCUT2D eigenvalue weighted by Gasteiger charge is 2.21. The van der Waals surface area contributed by atoms with Crippen molar-refractivity contribution in [3.05, 3.63) is 84.3 Å². The summed E-state index contributed by atoms with van der Waals surface area (Å²) in [5, 5.41) is 1.13. The van der Waals surface area contributed by atoms with Gasteiger partial charge in [-0.2, -0.15) is 4.39 Å². The van der Waals surface area contributed by atoms with Gasteiger partial charge in [0.15, 0.2) is 0 Å². The van der Waals surface area contributed by atoms with Crippen LogP contribution in [0.2, 0.25) is 0 Å². The van der Waals surface area contributed by atoms with E-state index in [1.54, 1.807) is 29.3 Å². The second-order valence-corrected chi connectivity index (χ2v) is 10.3. The predicted molar refractivity (Wildman–Crippen MR) is 150 cm³/mol. The lowest BCUT2D eigenvalue weighted by molar-refractivity contribution is 0.132. The van der Waals surface area contributed by atoms with Crippen molar-refractivity contribution in [1.29, 1.82) is 0 Å². The van der Waals surface area contributed by atoms with Crippen LogP contribution in [-0.2, 0) is 11.3 Å². The zero-order valence-corrected chi connectivity index (χ0v) is 22.4. The van der Waals surface area contributed by atoms with Crippen LogP contribution in [0.4, 0.5) is 19.3 Å². The second kappa shape index (κ2) is 11.9. The number of fused-ring (bicyclic) bond motifs is 1. The van der Waals surface area contributed by atoms with Gasteiger partial charge in [-0.3, -0.25) is 9.80 Å². The van der Waals surface area contributed by atoms with Crippen LogP contribution in [0.3, 0.4) is 0 Å². The summed E-state index contributed by atoms with van der Waals surface area (Å²) in [5.74, 6) is -0.833. The summed E-state index contributed by atoms with van der Waals surface area (Å²) in [4.78, 5) is 20.7. The van der Waals surface area contributed by atoms with Crippen LogP contribution >= 0.6 is 0 Å². The topological polar surface area (TPSA) is 50.6 Å². The summed E-state index contributed by atoms with van der Waals surface area (Å²) >= 11 is 0. The van der Waals surface area contributed by atoms with Gasteiger partial charge in [0, 0.05) is 60.2 Å². The number of aromatic nitrogens is 2. The molecule has 1 saturated heterocycles. The molecule has 5 rings (SSSR count). The molecule has 0 radical (unpaired) electrons. The average molecular weight is 533 g/mol. The Morgan fingerprint density at radius 2 is 1.74 bits per heavy atom. The minimum atomic E-state index is -0.498.